The van der Waals surface area contributed by atoms with Crippen LogP contribution in [0.25, 0.3) is 0 Å². The number of ether oxygens (including phenoxy) is 1. The molecule has 0 bridgehead atoms. The molecule has 0 atom stereocenters. The van der Waals surface area contributed by atoms with E-state index >= 15 is 0 Å². The molecule has 1 saturated heterocycles. The van der Waals surface area contributed by atoms with Crippen LogP contribution in [-0.4, -0.2) is 46.4 Å². The molecular weight excluding hydrogens is 314 g/mol. The molecule has 0 spiro atoms. The molecule has 0 unspecified atom stereocenters. The van der Waals surface area contributed by atoms with Crippen LogP contribution in [0.2, 0.25) is 0 Å². The molecule has 21 heavy (non-hydrogen) atoms. The lowest BCUT2D eigenvalue weighted by Gasteiger charge is -2.25. The van der Waals surface area contributed by atoms with E-state index in [1.54, 1.807) is 6.07 Å². The first-order valence-electron chi connectivity index (χ1n) is 6.17. The number of anilines is 1. The second-order valence-electron chi connectivity index (χ2n) is 4.14. The number of nitro groups is 1. The van der Waals surface area contributed by atoms with Gasteiger partial charge in [-0.1, -0.05) is 11.3 Å². The summed E-state index contributed by atoms with van der Waals surface area (Å²) in [6.45, 7) is 2.91. The fourth-order valence-corrected chi connectivity index (χ4v) is 3.67. The molecule has 0 N–H and O–H groups in total. The van der Waals surface area contributed by atoms with Gasteiger partial charge in [-0.05, 0) is 17.8 Å². The molecule has 2 aromatic heterocycles. The predicted molar refractivity (Wildman–Crippen MR) is 78.0 cm³/mol. The van der Waals surface area contributed by atoms with Gasteiger partial charge in [-0.2, -0.15) is 0 Å². The number of hydrogen-bond acceptors (Lipinski definition) is 9. The molecule has 0 saturated carbocycles. The fraction of sp³-hybridized carbons (Fsp3) is 0.364. The largest absolute Gasteiger partial charge is 0.378 e. The van der Waals surface area contributed by atoms with Crippen molar-refractivity contribution in [1.29, 1.82) is 0 Å². The maximum atomic E-state index is 11.0. The van der Waals surface area contributed by atoms with Crippen molar-refractivity contribution in [3.63, 3.8) is 0 Å². The van der Waals surface area contributed by atoms with E-state index in [9.17, 15) is 10.1 Å². The number of nitrogens with zero attached hydrogens (tertiary/aromatic N) is 5. The van der Waals surface area contributed by atoms with Crippen LogP contribution in [-0.2, 0) is 4.74 Å². The quantitative estimate of drug-likeness (QED) is 0.621. The molecule has 10 heteroatoms. The van der Waals surface area contributed by atoms with Gasteiger partial charge in [0.25, 0.3) is 0 Å². The predicted octanol–water partition coefficient (Wildman–Crippen LogP) is 1.83. The lowest BCUT2D eigenvalue weighted by Crippen LogP contribution is -2.36. The highest BCUT2D eigenvalue weighted by molar-refractivity contribution is 8.01. The smallest absolute Gasteiger partial charge is 0.301 e. The third-order valence-electron chi connectivity index (χ3n) is 2.81. The van der Waals surface area contributed by atoms with Gasteiger partial charge in [0.2, 0.25) is 5.13 Å². The zero-order valence-corrected chi connectivity index (χ0v) is 12.5. The standard InChI is InChI=1S/C11H11N5O3S2/c17-16(18)8-2-1-3-12-9(8)20-11-14-13-10(21-11)15-4-6-19-7-5-15/h1-3H,4-7H2. The van der Waals surface area contributed by atoms with E-state index in [4.69, 9.17) is 4.74 Å². The van der Waals surface area contributed by atoms with Crippen LogP contribution in [0.1, 0.15) is 0 Å². The summed E-state index contributed by atoms with van der Waals surface area (Å²) in [5, 5.41) is 20.3. The summed E-state index contributed by atoms with van der Waals surface area (Å²) in [5.74, 6) is 0. The Labute approximate surface area is 128 Å². The van der Waals surface area contributed by atoms with Gasteiger partial charge < -0.3 is 9.64 Å². The Morgan fingerprint density at radius 3 is 2.95 bits per heavy atom. The molecule has 2 aromatic rings. The van der Waals surface area contributed by atoms with Gasteiger partial charge in [-0.3, -0.25) is 10.1 Å². The van der Waals surface area contributed by atoms with Crippen molar-refractivity contribution in [2.75, 3.05) is 31.2 Å². The molecule has 0 aliphatic carbocycles. The highest BCUT2D eigenvalue weighted by Crippen LogP contribution is 2.36. The topological polar surface area (TPSA) is 94.3 Å². The molecule has 0 amide bonds. The van der Waals surface area contributed by atoms with Crippen LogP contribution in [0.15, 0.2) is 27.7 Å². The summed E-state index contributed by atoms with van der Waals surface area (Å²) in [6, 6.07) is 2.97. The Morgan fingerprint density at radius 1 is 1.38 bits per heavy atom. The van der Waals surface area contributed by atoms with E-state index in [0.717, 1.165) is 30.0 Å². The minimum Gasteiger partial charge on any atom is -0.378 e. The van der Waals surface area contributed by atoms with Crippen molar-refractivity contribution in [3.05, 3.63) is 28.4 Å². The second-order valence-corrected chi connectivity index (χ2v) is 6.33. The first kappa shape index (κ1) is 14.2. The van der Waals surface area contributed by atoms with Crippen molar-refractivity contribution in [2.45, 2.75) is 9.37 Å². The van der Waals surface area contributed by atoms with Crippen LogP contribution in [0, 0.1) is 10.1 Å². The monoisotopic (exact) mass is 325 g/mol. The lowest BCUT2D eigenvalue weighted by molar-refractivity contribution is -0.388. The highest BCUT2D eigenvalue weighted by atomic mass is 32.2. The van der Waals surface area contributed by atoms with Crippen molar-refractivity contribution >= 4 is 33.9 Å². The first-order valence-corrected chi connectivity index (χ1v) is 7.81. The Balaban J connectivity index is 1.77. The molecule has 1 aliphatic heterocycles. The number of hydrogen-bond donors (Lipinski definition) is 0. The molecule has 0 aromatic carbocycles. The molecule has 3 heterocycles. The third-order valence-corrected chi connectivity index (χ3v) is 4.85. The fourth-order valence-electron chi connectivity index (χ4n) is 1.81. The van der Waals surface area contributed by atoms with Gasteiger partial charge in [-0.25, -0.2) is 4.98 Å². The normalized spacial score (nSPS) is 15.1. The van der Waals surface area contributed by atoms with Crippen molar-refractivity contribution in [3.8, 4) is 0 Å². The average molecular weight is 325 g/mol. The summed E-state index contributed by atoms with van der Waals surface area (Å²) < 4.78 is 5.93. The minimum absolute atomic E-state index is 0.0226. The van der Waals surface area contributed by atoms with Crippen LogP contribution in [0.3, 0.4) is 0 Å². The zero-order chi connectivity index (χ0) is 14.7. The number of pyridine rings is 1. The number of rotatable bonds is 4. The summed E-state index contributed by atoms with van der Waals surface area (Å²) >= 11 is 2.56. The Hall–Kier alpha value is -1.78. The van der Waals surface area contributed by atoms with E-state index < -0.39 is 4.92 Å². The van der Waals surface area contributed by atoms with Crippen LogP contribution in [0.4, 0.5) is 10.8 Å². The van der Waals surface area contributed by atoms with Crippen molar-refractivity contribution in [1.82, 2.24) is 15.2 Å². The maximum absolute atomic E-state index is 11.0. The minimum atomic E-state index is -0.445. The van der Waals surface area contributed by atoms with Crippen LogP contribution >= 0.6 is 23.1 Å². The average Bonchev–Trinajstić information content (AvgIpc) is 2.97. The van der Waals surface area contributed by atoms with Gasteiger partial charge in [0, 0.05) is 25.4 Å². The van der Waals surface area contributed by atoms with E-state index in [2.05, 4.69) is 20.1 Å². The van der Waals surface area contributed by atoms with Gasteiger partial charge >= 0.3 is 5.69 Å². The molecule has 1 aliphatic rings. The van der Waals surface area contributed by atoms with Gasteiger partial charge in [0.05, 0.1) is 18.1 Å². The SMILES string of the molecule is O=[N+]([O-])c1cccnc1Sc1nnc(N2CCOCC2)s1. The van der Waals surface area contributed by atoms with Crippen LogP contribution < -0.4 is 4.90 Å². The lowest BCUT2D eigenvalue weighted by atomic mass is 10.4. The van der Waals surface area contributed by atoms with E-state index in [0.29, 0.717) is 22.6 Å². The zero-order valence-electron chi connectivity index (χ0n) is 10.8. The molecule has 1 fully saturated rings. The summed E-state index contributed by atoms with van der Waals surface area (Å²) in [6.07, 6.45) is 1.53. The molecule has 0 radical (unpaired) electrons. The maximum Gasteiger partial charge on any atom is 0.301 e. The molecular formula is C11H11N5O3S2. The molecule has 3 rings (SSSR count). The van der Waals surface area contributed by atoms with Crippen molar-refractivity contribution in [2.24, 2.45) is 0 Å². The Bertz CT molecular complexity index is 644. The Kier molecular flexibility index (Phi) is 4.27. The van der Waals surface area contributed by atoms with Crippen LogP contribution in [0.5, 0.6) is 0 Å². The summed E-state index contributed by atoms with van der Waals surface area (Å²) in [5.41, 5.74) is -0.0226. The first-order chi connectivity index (χ1) is 10.2. The van der Waals surface area contributed by atoms with E-state index in [1.165, 1.54) is 23.6 Å². The number of morpholine rings is 1. The molecule has 8 nitrogen and oxygen atoms in total. The highest BCUT2D eigenvalue weighted by Gasteiger charge is 2.20. The van der Waals surface area contributed by atoms with E-state index in [-0.39, 0.29) is 5.69 Å². The molecule has 110 valence electrons. The van der Waals surface area contributed by atoms with Crippen molar-refractivity contribution < 1.29 is 9.66 Å². The Morgan fingerprint density at radius 2 is 2.19 bits per heavy atom. The third kappa shape index (κ3) is 3.28. The van der Waals surface area contributed by atoms with E-state index in [1.807, 2.05) is 0 Å². The summed E-state index contributed by atoms with van der Waals surface area (Å²) in [7, 11) is 0. The van der Waals surface area contributed by atoms with Gasteiger partial charge in [-0.15, -0.1) is 10.2 Å². The second kappa shape index (κ2) is 6.33. The van der Waals surface area contributed by atoms with Gasteiger partial charge in [0.15, 0.2) is 9.37 Å². The summed E-state index contributed by atoms with van der Waals surface area (Å²) in [4.78, 5) is 16.7. The number of aromatic nitrogens is 3. The van der Waals surface area contributed by atoms with Gasteiger partial charge in [0.1, 0.15) is 0 Å².